The average Bonchev–Trinajstić information content (AvgIpc) is 2.71. The molecule has 0 spiro atoms. The molecule has 20 heavy (non-hydrogen) atoms. The van der Waals surface area contributed by atoms with Gasteiger partial charge in [-0.3, -0.25) is 9.69 Å². The summed E-state index contributed by atoms with van der Waals surface area (Å²) in [6.45, 7) is 5.25. The van der Waals surface area contributed by atoms with Gasteiger partial charge in [0, 0.05) is 33.3 Å². The minimum atomic E-state index is 0.0588. The Hall–Kier alpha value is -1.67. The fraction of sp³-hybridized carbons (Fsp3) is 0.750. The van der Waals surface area contributed by atoms with Crippen LogP contribution in [0.15, 0.2) is 6.33 Å². The lowest BCUT2D eigenvalue weighted by molar-refractivity contribution is -0.131. The first-order valence-electron chi connectivity index (χ1n) is 6.83. The number of aromatic nitrogens is 3. The molecule has 1 aromatic heterocycles. The molecule has 0 aromatic carbocycles. The number of hydrogen-bond acceptors (Lipinski definition) is 6. The zero-order valence-corrected chi connectivity index (χ0v) is 11.9. The SMILES string of the molecule is COCCN1CCCN(C(=O)Cn2cnc(N)n2)CC1. The summed E-state index contributed by atoms with van der Waals surface area (Å²) in [5.41, 5.74) is 5.44. The number of nitrogens with zero attached hydrogens (tertiary/aromatic N) is 5. The molecule has 1 aliphatic rings. The molecule has 112 valence electrons. The number of nitrogen functional groups attached to an aromatic ring is 1. The highest BCUT2D eigenvalue weighted by Gasteiger charge is 2.19. The van der Waals surface area contributed by atoms with E-state index in [1.807, 2.05) is 4.90 Å². The Morgan fingerprint density at radius 1 is 1.40 bits per heavy atom. The lowest BCUT2D eigenvalue weighted by Crippen LogP contribution is -2.37. The molecule has 1 fully saturated rings. The van der Waals surface area contributed by atoms with E-state index >= 15 is 0 Å². The van der Waals surface area contributed by atoms with Crippen molar-refractivity contribution >= 4 is 11.9 Å². The monoisotopic (exact) mass is 282 g/mol. The van der Waals surface area contributed by atoms with E-state index in [-0.39, 0.29) is 18.4 Å². The second kappa shape index (κ2) is 7.20. The molecule has 8 heteroatoms. The molecule has 0 aliphatic carbocycles. The number of methoxy groups -OCH3 is 1. The van der Waals surface area contributed by atoms with E-state index in [9.17, 15) is 4.79 Å². The van der Waals surface area contributed by atoms with E-state index < -0.39 is 0 Å². The molecule has 1 aliphatic heterocycles. The fourth-order valence-electron chi connectivity index (χ4n) is 2.29. The highest BCUT2D eigenvalue weighted by Crippen LogP contribution is 2.04. The number of amides is 1. The number of nitrogens with two attached hydrogens (primary N) is 1. The standard InChI is InChI=1S/C12H22N6O2/c1-20-8-7-16-3-2-4-17(6-5-16)11(19)9-18-10-14-12(13)15-18/h10H,2-9H2,1H3,(H2,13,15). The number of hydrogen-bond donors (Lipinski definition) is 1. The van der Waals surface area contributed by atoms with E-state index in [0.29, 0.717) is 0 Å². The molecule has 0 bridgehead atoms. The summed E-state index contributed by atoms with van der Waals surface area (Å²) in [6.07, 6.45) is 2.46. The van der Waals surface area contributed by atoms with E-state index in [1.54, 1.807) is 7.11 Å². The van der Waals surface area contributed by atoms with Crippen LogP contribution in [0.4, 0.5) is 5.95 Å². The highest BCUT2D eigenvalue weighted by atomic mass is 16.5. The molecule has 2 rings (SSSR count). The Morgan fingerprint density at radius 3 is 2.95 bits per heavy atom. The van der Waals surface area contributed by atoms with Crippen LogP contribution in [-0.2, 0) is 16.1 Å². The Labute approximate surface area is 118 Å². The number of ether oxygens (including phenoxy) is 1. The third-order valence-corrected chi connectivity index (χ3v) is 3.40. The van der Waals surface area contributed by atoms with Crippen LogP contribution in [0.5, 0.6) is 0 Å². The van der Waals surface area contributed by atoms with Gasteiger partial charge in [0.2, 0.25) is 11.9 Å². The summed E-state index contributed by atoms with van der Waals surface area (Å²) in [5, 5.41) is 3.93. The summed E-state index contributed by atoms with van der Waals surface area (Å²) >= 11 is 0. The Bertz CT molecular complexity index is 435. The number of carbonyl (C=O) groups is 1. The molecule has 1 saturated heterocycles. The molecule has 1 amide bonds. The average molecular weight is 282 g/mol. The lowest BCUT2D eigenvalue weighted by Gasteiger charge is -2.21. The van der Waals surface area contributed by atoms with Crippen molar-refractivity contribution in [2.45, 2.75) is 13.0 Å². The van der Waals surface area contributed by atoms with Crippen molar-refractivity contribution in [2.75, 3.05) is 52.2 Å². The van der Waals surface area contributed by atoms with Gasteiger partial charge in [-0.15, -0.1) is 5.10 Å². The van der Waals surface area contributed by atoms with Gasteiger partial charge in [0.25, 0.3) is 0 Å². The molecule has 2 heterocycles. The fourth-order valence-corrected chi connectivity index (χ4v) is 2.29. The van der Waals surface area contributed by atoms with Crippen LogP contribution in [-0.4, -0.2) is 76.9 Å². The van der Waals surface area contributed by atoms with Crippen LogP contribution in [0.2, 0.25) is 0 Å². The van der Waals surface area contributed by atoms with E-state index in [1.165, 1.54) is 11.0 Å². The molecule has 0 radical (unpaired) electrons. The molecule has 8 nitrogen and oxygen atoms in total. The molecule has 0 unspecified atom stereocenters. The van der Waals surface area contributed by atoms with Crippen molar-refractivity contribution in [3.05, 3.63) is 6.33 Å². The van der Waals surface area contributed by atoms with Crippen molar-refractivity contribution in [2.24, 2.45) is 0 Å². The maximum atomic E-state index is 12.2. The number of anilines is 1. The zero-order valence-electron chi connectivity index (χ0n) is 11.9. The Morgan fingerprint density at radius 2 is 2.25 bits per heavy atom. The van der Waals surface area contributed by atoms with Gasteiger partial charge >= 0.3 is 0 Å². The number of rotatable bonds is 5. The topological polar surface area (TPSA) is 89.5 Å². The molecule has 1 aromatic rings. The van der Waals surface area contributed by atoms with Crippen molar-refractivity contribution < 1.29 is 9.53 Å². The van der Waals surface area contributed by atoms with Crippen LogP contribution in [0.3, 0.4) is 0 Å². The smallest absolute Gasteiger partial charge is 0.244 e. The van der Waals surface area contributed by atoms with Crippen molar-refractivity contribution in [1.82, 2.24) is 24.6 Å². The second-order valence-corrected chi connectivity index (χ2v) is 4.87. The van der Waals surface area contributed by atoms with Gasteiger partial charge in [0.1, 0.15) is 12.9 Å². The van der Waals surface area contributed by atoms with Crippen LogP contribution in [0.25, 0.3) is 0 Å². The summed E-state index contributed by atoms with van der Waals surface area (Å²) < 4.78 is 6.57. The van der Waals surface area contributed by atoms with Crippen LogP contribution in [0.1, 0.15) is 6.42 Å². The van der Waals surface area contributed by atoms with Crippen LogP contribution >= 0.6 is 0 Å². The Kier molecular flexibility index (Phi) is 5.31. The Balaban J connectivity index is 1.82. The van der Waals surface area contributed by atoms with Crippen molar-refractivity contribution in [3.8, 4) is 0 Å². The van der Waals surface area contributed by atoms with Gasteiger partial charge in [0.15, 0.2) is 0 Å². The normalized spacial score (nSPS) is 17.1. The van der Waals surface area contributed by atoms with Gasteiger partial charge in [-0.05, 0) is 13.0 Å². The summed E-state index contributed by atoms with van der Waals surface area (Å²) in [7, 11) is 1.71. The summed E-state index contributed by atoms with van der Waals surface area (Å²) in [6, 6.07) is 0. The van der Waals surface area contributed by atoms with E-state index in [0.717, 1.165) is 45.8 Å². The third kappa shape index (κ3) is 4.17. The van der Waals surface area contributed by atoms with Crippen molar-refractivity contribution in [3.63, 3.8) is 0 Å². The van der Waals surface area contributed by atoms with Gasteiger partial charge in [-0.25, -0.2) is 9.67 Å². The zero-order chi connectivity index (χ0) is 14.4. The lowest BCUT2D eigenvalue weighted by atomic mass is 10.3. The predicted octanol–water partition coefficient (Wildman–Crippen LogP) is -0.959. The number of carbonyl (C=O) groups excluding carboxylic acids is 1. The summed E-state index contributed by atoms with van der Waals surface area (Å²) in [4.78, 5) is 20.2. The van der Waals surface area contributed by atoms with Crippen molar-refractivity contribution in [1.29, 1.82) is 0 Å². The molecular weight excluding hydrogens is 260 g/mol. The van der Waals surface area contributed by atoms with E-state index in [4.69, 9.17) is 10.5 Å². The highest BCUT2D eigenvalue weighted by molar-refractivity contribution is 5.75. The quantitative estimate of drug-likeness (QED) is 0.748. The maximum Gasteiger partial charge on any atom is 0.244 e. The molecular formula is C12H22N6O2. The van der Waals surface area contributed by atoms with Crippen LogP contribution in [0, 0.1) is 0 Å². The molecule has 0 saturated carbocycles. The maximum absolute atomic E-state index is 12.2. The van der Waals surface area contributed by atoms with Gasteiger partial charge in [0.05, 0.1) is 6.61 Å². The first-order chi connectivity index (χ1) is 9.69. The molecule has 2 N–H and O–H groups in total. The van der Waals surface area contributed by atoms with Gasteiger partial charge in [-0.1, -0.05) is 0 Å². The van der Waals surface area contributed by atoms with E-state index in [2.05, 4.69) is 15.0 Å². The molecule has 0 atom stereocenters. The summed E-state index contributed by atoms with van der Waals surface area (Å²) in [5.74, 6) is 0.253. The minimum absolute atomic E-state index is 0.0588. The second-order valence-electron chi connectivity index (χ2n) is 4.87. The predicted molar refractivity (Wildman–Crippen MR) is 73.9 cm³/mol. The largest absolute Gasteiger partial charge is 0.383 e. The minimum Gasteiger partial charge on any atom is -0.383 e. The first-order valence-corrected chi connectivity index (χ1v) is 6.83. The van der Waals surface area contributed by atoms with Crippen LogP contribution < -0.4 is 5.73 Å². The first kappa shape index (κ1) is 14.7. The third-order valence-electron chi connectivity index (χ3n) is 3.40. The van der Waals surface area contributed by atoms with Gasteiger partial charge in [-0.2, -0.15) is 0 Å². The van der Waals surface area contributed by atoms with Gasteiger partial charge < -0.3 is 15.4 Å².